The van der Waals surface area contributed by atoms with E-state index in [1.807, 2.05) is 0 Å². The number of hydrogen-bond acceptors (Lipinski definition) is 8. The van der Waals surface area contributed by atoms with Gasteiger partial charge in [0.05, 0.1) is 24.1 Å². The number of fused-ring (bicyclic) bond motifs is 1. The zero-order valence-electron chi connectivity index (χ0n) is 23.6. The van der Waals surface area contributed by atoms with Gasteiger partial charge in [-0.2, -0.15) is 23.4 Å². The van der Waals surface area contributed by atoms with E-state index in [1.165, 1.54) is 56.8 Å². The molecule has 3 N–H and O–H groups in total. The van der Waals surface area contributed by atoms with Crippen LogP contribution in [0.4, 0.5) is 23.4 Å². The number of nitrogens with zero attached hydrogens (tertiary/aromatic N) is 3. The molecule has 3 heterocycles. The van der Waals surface area contributed by atoms with E-state index in [9.17, 15) is 32.4 Å². The first-order valence-corrected chi connectivity index (χ1v) is 13.5. The molecule has 3 aromatic heterocycles. The number of pyridine rings is 2. The Morgan fingerprint density at radius 1 is 1.11 bits per heavy atom. The van der Waals surface area contributed by atoms with Gasteiger partial charge in [-0.05, 0) is 62.1 Å². The van der Waals surface area contributed by atoms with Crippen molar-refractivity contribution in [2.45, 2.75) is 37.4 Å². The number of methoxy groups -OCH3 is 1. The molecule has 10 nitrogen and oxygen atoms in total. The van der Waals surface area contributed by atoms with Crippen LogP contribution in [-0.2, 0) is 0 Å². The van der Waals surface area contributed by atoms with Crippen LogP contribution in [0.25, 0.3) is 33.6 Å². The summed E-state index contributed by atoms with van der Waals surface area (Å²) in [6, 6.07) is 10.1. The number of nitrogens with one attached hydrogen (secondary N) is 3. The van der Waals surface area contributed by atoms with E-state index >= 15 is 0 Å². The molecule has 44 heavy (non-hydrogen) atoms. The zero-order chi connectivity index (χ0) is 31.6. The molecule has 0 spiro atoms. The van der Waals surface area contributed by atoms with E-state index in [2.05, 4.69) is 32.0 Å². The number of alkyl halides is 3. The quantitative estimate of drug-likeness (QED) is 0.219. The van der Waals surface area contributed by atoms with Crippen LogP contribution in [0.5, 0.6) is 5.88 Å². The van der Waals surface area contributed by atoms with Crippen molar-refractivity contribution in [2.24, 2.45) is 0 Å². The molecule has 0 aliphatic heterocycles. The van der Waals surface area contributed by atoms with Gasteiger partial charge in [0.15, 0.2) is 0 Å². The summed E-state index contributed by atoms with van der Waals surface area (Å²) < 4.78 is 64.6. The first-order valence-electron chi connectivity index (χ1n) is 13.5. The highest BCUT2D eigenvalue weighted by molar-refractivity contribution is 6.11. The van der Waals surface area contributed by atoms with E-state index in [0.717, 1.165) is 12.8 Å². The Balaban J connectivity index is 1.69. The Morgan fingerprint density at radius 2 is 1.82 bits per heavy atom. The lowest BCUT2D eigenvalue weighted by Gasteiger charge is -2.22. The lowest BCUT2D eigenvalue weighted by atomic mass is 9.98. The Labute approximate surface area is 248 Å². The van der Waals surface area contributed by atoms with Crippen molar-refractivity contribution < 1.29 is 36.3 Å². The number of carbonyl (C=O) groups is 2. The minimum absolute atomic E-state index is 0.0156. The van der Waals surface area contributed by atoms with E-state index < -0.39 is 35.9 Å². The van der Waals surface area contributed by atoms with Crippen LogP contribution in [0.1, 0.15) is 46.4 Å². The molecule has 1 fully saturated rings. The lowest BCUT2D eigenvalue weighted by molar-refractivity contribution is -0.115. The molecule has 0 radical (unpaired) electrons. The van der Waals surface area contributed by atoms with Gasteiger partial charge in [-0.1, -0.05) is 0 Å². The molecule has 0 saturated heterocycles. The minimum atomic E-state index is -4.61. The third-order valence-electron chi connectivity index (χ3n) is 7.32. The number of ether oxygens (including phenoxy) is 1. The predicted molar refractivity (Wildman–Crippen MR) is 151 cm³/mol. The van der Waals surface area contributed by atoms with Crippen molar-refractivity contribution in [3.8, 4) is 34.4 Å². The predicted octanol–water partition coefficient (Wildman–Crippen LogP) is 5.60. The maximum Gasteiger partial charge on any atom is 0.405 e. The molecule has 228 valence electrons. The molecule has 2 amide bonds. The van der Waals surface area contributed by atoms with Crippen LogP contribution >= 0.6 is 0 Å². The molecular weight excluding hydrogens is 584 g/mol. The van der Waals surface area contributed by atoms with Gasteiger partial charge in [0.1, 0.15) is 35.0 Å². The summed E-state index contributed by atoms with van der Waals surface area (Å²) >= 11 is 0. The molecule has 0 atom stereocenters. The monoisotopic (exact) mass is 610 g/mol. The average molecular weight is 611 g/mol. The fourth-order valence-corrected chi connectivity index (χ4v) is 5.17. The summed E-state index contributed by atoms with van der Waals surface area (Å²) in [4.78, 5) is 34.9. The number of benzene rings is 1. The normalized spacial score (nSPS) is 14.2. The van der Waals surface area contributed by atoms with Crippen molar-refractivity contribution in [3.05, 3.63) is 59.5 Å². The highest BCUT2D eigenvalue weighted by Gasteiger charge is 2.36. The summed E-state index contributed by atoms with van der Waals surface area (Å²) in [5.74, 6) is -2.06. The van der Waals surface area contributed by atoms with Crippen molar-refractivity contribution >= 4 is 28.7 Å². The Morgan fingerprint density at radius 3 is 2.43 bits per heavy atom. The van der Waals surface area contributed by atoms with Crippen molar-refractivity contribution in [3.63, 3.8) is 0 Å². The summed E-state index contributed by atoms with van der Waals surface area (Å²) in [6.07, 6.45) is -0.859. The minimum Gasteiger partial charge on any atom is -0.480 e. The van der Waals surface area contributed by atoms with E-state index in [-0.39, 0.29) is 50.8 Å². The number of furan rings is 1. The van der Waals surface area contributed by atoms with Crippen LogP contribution in [0, 0.1) is 17.1 Å². The molecule has 0 unspecified atom stereocenters. The van der Waals surface area contributed by atoms with Crippen LogP contribution in [-0.4, -0.2) is 54.2 Å². The maximum atomic E-state index is 13.6. The molecule has 0 bridgehead atoms. The smallest absolute Gasteiger partial charge is 0.405 e. The summed E-state index contributed by atoms with van der Waals surface area (Å²) in [5.41, 5.74) is -0.696. The molecule has 4 aromatic rings. The highest BCUT2D eigenvalue weighted by atomic mass is 19.4. The maximum absolute atomic E-state index is 13.6. The van der Waals surface area contributed by atoms with Gasteiger partial charge in [-0.3, -0.25) is 9.59 Å². The Bertz CT molecular complexity index is 1770. The number of nitriles is 1. The summed E-state index contributed by atoms with van der Waals surface area (Å²) in [6.45, 7) is -1.45. The van der Waals surface area contributed by atoms with E-state index in [4.69, 9.17) is 9.15 Å². The number of carbonyl (C=O) groups excluding carboxylic acids is 2. The van der Waals surface area contributed by atoms with Crippen molar-refractivity contribution in [1.82, 2.24) is 20.6 Å². The molecule has 1 aliphatic carbocycles. The van der Waals surface area contributed by atoms with Crippen molar-refractivity contribution in [1.29, 1.82) is 5.26 Å². The zero-order valence-corrected chi connectivity index (χ0v) is 23.6. The average Bonchev–Trinajstić information content (AvgIpc) is 3.63. The third-order valence-corrected chi connectivity index (χ3v) is 7.32. The van der Waals surface area contributed by atoms with Crippen LogP contribution < -0.4 is 20.7 Å². The summed E-state index contributed by atoms with van der Waals surface area (Å²) in [5, 5.41) is 17.4. The largest absolute Gasteiger partial charge is 0.480 e. The topological polar surface area (TPSA) is 142 Å². The van der Waals surface area contributed by atoms with Gasteiger partial charge in [0.2, 0.25) is 11.6 Å². The number of anilines is 1. The van der Waals surface area contributed by atoms with Gasteiger partial charge >= 0.3 is 6.18 Å². The second kappa shape index (κ2) is 11.8. The van der Waals surface area contributed by atoms with Crippen LogP contribution in [0.3, 0.4) is 0 Å². The summed E-state index contributed by atoms with van der Waals surface area (Å²) in [7, 11) is 2.69. The molecule has 1 saturated carbocycles. The van der Waals surface area contributed by atoms with E-state index in [0.29, 0.717) is 18.4 Å². The second-order valence-electron chi connectivity index (χ2n) is 10.2. The fourth-order valence-electron chi connectivity index (χ4n) is 5.17. The standard InChI is InChI=1S/C30H26F4N6O4/c1-36-26(42)22-20-12-19(17-11-21(27(43-2)37-13-17)25(41)40-29(14-35)9-3-4-10-29)24(38-15-30(32,33)34)39-28(20)44-23(22)16-5-7-18(31)8-6-16/h5-8,11-13H,3-4,9-10,15H2,1-2H3,(H,36,42)(H,38,39)(H,40,41). The molecule has 1 aromatic carbocycles. The molecule has 1 aliphatic rings. The first kappa shape index (κ1) is 30.3. The van der Waals surface area contributed by atoms with E-state index in [1.54, 1.807) is 0 Å². The van der Waals surface area contributed by atoms with Crippen LogP contribution in [0.2, 0.25) is 0 Å². The SMILES string of the molecule is CNC(=O)c1c(-c2ccc(F)cc2)oc2nc(NCC(F)(F)F)c(-c3cnc(OC)c(C(=O)NC4(C#N)CCCC4)c3)cc12. The highest BCUT2D eigenvalue weighted by Crippen LogP contribution is 2.39. The third kappa shape index (κ3) is 5.98. The van der Waals surface area contributed by atoms with Crippen LogP contribution in [0.15, 0.2) is 47.0 Å². The number of rotatable bonds is 8. The molecule has 14 heteroatoms. The Hall–Kier alpha value is -5.19. The van der Waals surface area contributed by atoms with Gasteiger partial charge in [-0.15, -0.1) is 0 Å². The second-order valence-corrected chi connectivity index (χ2v) is 10.2. The van der Waals surface area contributed by atoms with Gasteiger partial charge in [0, 0.05) is 29.9 Å². The van der Waals surface area contributed by atoms with Gasteiger partial charge in [0.25, 0.3) is 11.8 Å². The lowest BCUT2D eigenvalue weighted by Crippen LogP contribution is -2.45. The fraction of sp³-hybridized carbons (Fsp3) is 0.300. The van der Waals surface area contributed by atoms with Gasteiger partial charge in [-0.25, -0.2) is 9.37 Å². The Kier molecular flexibility index (Phi) is 8.14. The number of aromatic nitrogens is 2. The van der Waals surface area contributed by atoms with Gasteiger partial charge < -0.3 is 25.1 Å². The number of hydrogen-bond donors (Lipinski definition) is 3. The molecular formula is C30H26F4N6O4. The first-order chi connectivity index (χ1) is 21.0. The van der Waals surface area contributed by atoms with Crippen molar-refractivity contribution in [2.75, 3.05) is 26.0 Å². The number of halogens is 4. The molecule has 5 rings (SSSR count). The number of amides is 2.